The van der Waals surface area contributed by atoms with Crippen LogP contribution in [0.15, 0.2) is 65.6 Å². The molecular weight excluding hydrogens is 462 g/mol. The van der Waals surface area contributed by atoms with E-state index in [0.717, 1.165) is 36.9 Å². The van der Waals surface area contributed by atoms with E-state index < -0.39 is 10.0 Å². The Morgan fingerprint density at radius 2 is 1.46 bits per heavy atom. The van der Waals surface area contributed by atoms with Gasteiger partial charge in [0, 0.05) is 43.9 Å². The lowest BCUT2D eigenvalue weighted by molar-refractivity contribution is -0.130. The van der Waals surface area contributed by atoms with Gasteiger partial charge in [0.25, 0.3) is 0 Å². The van der Waals surface area contributed by atoms with Crippen LogP contribution in [0.25, 0.3) is 6.08 Å². The molecule has 2 fully saturated rings. The Bertz CT molecular complexity index is 1130. The molecule has 0 atom stereocenters. The predicted molar refractivity (Wildman–Crippen MR) is 137 cm³/mol. The highest BCUT2D eigenvalue weighted by molar-refractivity contribution is 7.89. The average molecular weight is 496 g/mol. The Kier molecular flexibility index (Phi) is 8.36. The number of sulfonamides is 1. The van der Waals surface area contributed by atoms with Crippen molar-refractivity contribution in [1.29, 1.82) is 0 Å². The number of rotatable bonds is 6. The first-order chi connectivity index (χ1) is 16.9. The van der Waals surface area contributed by atoms with E-state index in [1.807, 2.05) is 30.3 Å². The molecule has 0 saturated carbocycles. The molecule has 2 aliphatic rings. The van der Waals surface area contributed by atoms with Crippen LogP contribution in [0.2, 0.25) is 0 Å². The van der Waals surface area contributed by atoms with Gasteiger partial charge in [-0.2, -0.15) is 4.31 Å². The van der Waals surface area contributed by atoms with E-state index >= 15 is 0 Å². The number of carbonyl (C=O) groups is 2. The molecular formula is C27H33N3O4S. The zero-order valence-electron chi connectivity index (χ0n) is 19.9. The van der Waals surface area contributed by atoms with Crippen molar-refractivity contribution in [2.45, 2.75) is 43.4 Å². The van der Waals surface area contributed by atoms with E-state index in [4.69, 9.17) is 0 Å². The van der Waals surface area contributed by atoms with E-state index in [1.54, 1.807) is 39.5 Å². The smallest absolute Gasteiger partial charge is 0.246 e. The predicted octanol–water partition coefficient (Wildman–Crippen LogP) is 4.14. The molecule has 0 bridgehead atoms. The molecule has 0 unspecified atom stereocenters. The molecule has 0 aliphatic carbocycles. The van der Waals surface area contributed by atoms with Gasteiger partial charge in [-0.1, -0.05) is 43.2 Å². The lowest BCUT2D eigenvalue weighted by Gasteiger charge is -2.30. The molecule has 0 radical (unpaired) electrons. The Morgan fingerprint density at radius 1 is 0.829 bits per heavy atom. The van der Waals surface area contributed by atoms with Crippen LogP contribution in [0.4, 0.5) is 5.69 Å². The van der Waals surface area contributed by atoms with Crippen LogP contribution in [-0.4, -0.2) is 55.6 Å². The fraction of sp³-hybridized carbons (Fsp3) is 0.407. The van der Waals surface area contributed by atoms with Crippen molar-refractivity contribution >= 4 is 33.6 Å². The first-order valence-electron chi connectivity index (χ1n) is 12.4. The number of anilines is 1. The summed E-state index contributed by atoms with van der Waals surface area (Å²) in [5, 5.41) is 2.94. The zero-order chi connectivity index (χ0) is 24.7. The van der Waals surface area contributed by atoms with Gasteiger partial charge in [-0.3, -0.25) is 9.59 Å². The normalized spacial score (nSPS) is 18.3. The van der Waals surface area contributed by atoms with E-state index in [-0.39, 0.29) is 17.7 Å². The Labute approximate surface area is 207 Å². The number of hydrogen-bond acceptors (Lipinski definition) is 4. The third-order valence-corrected chi connectivity index (χ3v) is 8.63. The van der Waals surface area contributed by atoms with Gasteiger partial charge < -0.3 is 10.2 Å². The summed E-state index contributed by atoms with van der Waals surface area (Å²) < 4.78 is 27.4. The number of para-hydroxylation sites is 1. The summed E-state index contributed by atoms with van der Waals surface area (Å²) in [6.07, 6.45) is 8.42. The van der Waals surface area contributed by atoms with Crippen LogP contribution in [0.1, 0.15) is 44.1 Å². The number of benzene rings is 2. The molecule has 2 amide bonds. The Hall–Kier alpha value is -2.97. The van der Waals surface area contributed by atoms with Gasteiger partial charge in [0.2, 0.25) is 21.8 Å². The van der Waals surface area contributed by atoms with Crippen molar-refractivity contribution < 1.29 is 18.0 Å². The quantitative estimate of drug-likeness (QED) is 0.610. The second kappa shape index (κ2) is 11.6. The first-order valence-corrected chi connectivity index (χ1v) is 13.8. The fourth-order valence-corrected chi connectivity index (χ4v) is 6.10. The van der Waals surface area contributed by atoms with Crippen LogP contribution in [-0.2, 0) is 19.6 Å². The highest BCUT2D eigenvalue weighted by atomic mass is 32.2. The standard InChI is InChI=1S/C27H33N3O4S/c31-26(29-20-16-23(17-21-29)27(32)28-24-8-4-3-5-9-24)15-12-22-10-13-25(14-11-22)35(33,34)30-18-6-1-2-7-19-30/h3-5,8-15,23H,1-2,6-7,16-21H2,(H,28,32)/b15-12+. The number of nitrogens with zero attached hydrogens (tertiary/aromatic N) is 2. The van der Waals surface area contributed by atoms with Crippen molar-refractivity contribution in [2.24, 2.45) is 5.92 Å². The van der Waals surface area contributed by atoms with Gasteiger partial charge in [-0.15, -0.1) is 0 Å². The Morgan fingerprint density at radius 3 is 2.09 bits per heavy atom. The second-order valence-corrected chi connectivity index (χ2v) is 11.1. The average Bonchev–Trinajstić information content (AvgIpc) is 3.19. The minimum absolute atomic E-state index is 0.00550. The number of nitrogens with one attached hydrogen (secondary N) is 1. The van der Waals surface area contributed by atoms with Crippen molar-refractivity contribution in [1.82, 2.24) is 9.21 Å². The van der Waals surface area contributed by atoms with E-state index in [9.17, 15) is 18.0 Å². The van der Waals surface area contributed by atoms with Crippen LogP contribution in [0.5, 0.6) is 0 Å². The molecule has 35 heavy (non-hydrogen) atoms. The molecule has 2 aliphatic heterocycles. The molecule has 8 heteroatoms. The minimum atomic E-state index is -3.48. The van der Waals surface area contributed by atoms with Crippen LogP contribution >= 0.6 is 0 Å². The lowest BCUT2D eigenvalue weighted by atomic mass is 9.95. The van der Waals surface area contributed by atoms with Crippen LogP contribution < -0.4 is 5.32 Å². The van der Waals surface area contributed by atoms with Crippen molar-refractivity contribution in [3.05, 3.63) is 66.2 Å². The highest BCUT2D eigenvalue weighted by Gasteiger charge is 2.27. The largest absolute Gasteiger partial charge is 0.339 e. The van der Waals surface area contributed by atoms with Crippen molar-refractivity contribution in [2.75, 3.05) is 31.5 Å². The van der Waals surface area contributed by atoms with Crippen LogP contribution in [0.3, 0.4) is 0 Å². The molecule has 2 saturated heterocycles. The number of likely N-dealkylation sites (tertiary alicyclic amines) is 1. The Balaban J connectivity index is 1.28. The molecule has 4 rings (SSSR count). The number of amides is 2. The molecule has 0 spiro atoms. The van der Waals surface area contributed by atoms with Gasteiger partial charge >= 0.3 is 0 Å². The summed E-state index contributed by atoms with van der Waals surface area (Å²) in [5.74, 6) is -0.218. The third kappa shape index (κ3) is 6.58. The van der Waals surface area contributed by atoms with Gasteiger partial charge in [0.05, 0.1) is 4.90 Å². The monoisotopic (exact) mass is 495 g/mol. The number of hydrogen-bond donors (Lipinski definition) is 1. The maximum Gasteiger partial charge on any atom is 0.246 e. The van der Waals surface area contributed by atoms with Crippen molar-refractivity contribution in [3.63, 3.8) is 0 Å². The molecule has 186 valence electrons. The minimum Gasteiger partial charge on any atom is -0.339 e. The maximum absolute atomic E-state index is 12.9. The molecule has 0 aromatic heterocycles. The molecule has 1 N–H and O–H groups in total. The second-order valence-electron chi connectivity index (χ2n) is 9.18. The highest BCUT2D eigenvalue weighted by Crippen LogP contribution is 2.22. The summed E-state index contributed by atoms with van der Waals surface area (Å²) in [5.41, 5.74) is 1.55. The van der Waals surface area contributed by atoms with Crippen LogP contribution in [0, 0.1) is 5.92 Å². The van der Waals surface area contributed by atoms with Gasteiger partial charge in [0.15, 0.2) is 0 Å². The van der Waals surface area contributed by atoms with Gasteiger partial charge in [-0.05, 0) is 61.6 Å². The molecule has 2 aromatic rings. The van der Waals surface area contributed by atoms with E-state index in [0.29, 0.717) is 43.9 Å². The molecule has 2 aromatic carbocycles. The lowest BCUT2D eigenvalue weighted by Crippen LogP contribution is -2.40. The third-order valence-electron chi connectivity index (χ3n) is 6.72. The topological polar surface area (TPSA) is 86.8 Å². The summed E-state index contributed by atoms with van der Waals surface area (Å²) in [6, 6.07) is 16.1. The SMILES string of the molecule is O=C(Nc1ccccc1)C1CCN(C(=O)/C=C/c2ccc(S(=O)(=O)N3CCCCCC3)cc2)CC1. The summed E-state index contributed by atoms with van der Waals surface area (Å²) in [4.78, 5) is 27.2. The van der Waals surface area contributed by atoms with Crippen molar-refractivity contribution in [3.8, 4) is 0 Å². The van der Waals surface area contributed by atoms with Gasteiger partial charge in [-0.25, -0.2) is 8.42 Å². The number of piperidine rings is 1. The fourth-order valence-electron chi connectivity index (χ4n) is 4.58. The summed E-state index contributed by atoms with van der Waals surface area (Å²) in [6.45, 7) is 2.21. The molecule has 2 heterocycles. The zero-order valence-corrected chi connectivity index (χ0v) is 20.8. The number of carbonyl (C=O) groups excluding carboxylic acids is 2. The summed E-state index contributed by atoms with van der Waals surface area (Å²) >= 11 is 0. The summed E-state index contributed by atoms with van der Waals surface area (Å²) in [7, 11) is -3.48. The maximum atomic E-state index is 12.9. The van der Waals surface area contributed by atoms with Gasteiger partial charge in [0.1, 0.15) is 0 Å². The first kappa shape index (κ1) is 25.1. The van der Waals surface area contributed by atoms with E-state index in [2.05, 4.69) is 5.32 Å². The van der Waals surface area contributed by atoms with E-state index in [1.165, 1.54) is 6.08 Å². The molecule has 7 nitrogen and oxygen atoms in total.